The van der Waals surface area contributed by atoms with Crippen molar-refractivity contribution in [3.8, 4) is 0 Å². The molecule has 1 aliphatic heterocycles. The highest BCUT2D eigenvalue weighted by Crippen LogP contribution is 2.27. The van der Waals surface area contributed by atoms with Crippen LogP contribution in [0.15, 0.2) is 0 Å². The smallest absolute Gasteiger partial charge is 0.00953 e. The van der Waals surface area contributed by atoms with Gasteiger partial charge in [-0.3, -0.25) is 0 Å². The standard InChI is InChI=1S/C10H17N/c1-9-6-7-11(8-9)10-4-2-3-5-10/h1,9-10H,2-8H2. The zero-order chi connectivity index (χ0) is 7.68. The third kappa shape index (κ3) is 1.58. The Hall–Kier alpha value is -0.0400. The van der Waals surface area contributed by atoms with E-state index < -0.39 is 0 Å². The van der Waals surface area contributed by atoms with Gasteiger partial charge < -0.3 is 4.90 Å². The number of likely N-dealkylation sites (tertiary alicyclic amines) is 1. The Morgan fingerprint density at radius 3 is 2.36 bits per heavy atom. The molecule has 0 bridgehead atoms. The van der Waals surface area contributed by atoms with Crippen molar-refractivity contribution < 1.29 is 0 Å². The monoisotopic (exact) mass is 151 g/mol. The van der Waals surface area contributed by atoms with Crippen LogP contribution in [0.25, 0.3) is 0 Å². The molecule has 62 valence electrons. The molecule has 1 heteroatoms. The van der Waals surface area contributed by atoms with Crippen LogP contribution in [0.4, 0.5) is 0 Å². The quantitative estimate of drug-likeness (QED) is 0.554. The minimum absolute atomic E-state index is 0.468. The van der Waals surface area contributed by atoms with E-state index in [9.17, 15) is 0 Å². The van der Waals surface area contributed by atoms with Crippen LogP contribution in [0, 0.1) is 12.8 Å². The molecule has 2 rings (SSSR count). The second-order valence-electron chi connectivity index (χ2n) is 3.98. The molecule has 2 radical (unpaired) electrons. The number of hydrogen-bond donors (Lipinski definition) is 0. The molecule has 0 aromatic heterocycles. The predicted molar refractivity (Wildman–Crippen MR) is 46.2 cm³/mol. The Kier molecular flexibility index (Phi) is 2.17. The number of rotatable bonds is 1. The third-order valence-corrected chi connectivity index (χ3v) is 3.10. The van der Waals surface area contributed by atoms with Gasteiger partial charge in [0.25, 0.3) is 0 Å². The summed E-state index contributed by atoms with van der Waals surface area (Å²) in [6.45, 7) is 8.26. The fourth-order valence-electron chi connectivity index (χ4n) is 2.42. The first-order valence-electron chi connectivity index (χ1n) is 4.86. The summed E-state index contributed by atoms with van der Waals surface area (Å²) in [5.41, 5.74) is 0. The summed E-state index contributed by atoms with van der Waals surface area (Å²) >= 11 is 0. The largest absolute Gasteiger partial charge is 0.300 e. The van der Waals surface area contributed by atoms with Crippen molar-refractivity contribution in [1.82, 2.24) is 4.90 Å². The lowest BCUT2D eigenvalue weighted by molar-refractivity contribution is 0.241. The fraction of sp³-hybridized carbons (Fsp3) is 0.900. The first-order chi connectivity index (χ1) is 5.36. The van der Waals surface area contributed by atoms with Crippen molar-refractivity contribution in [3.63, 3.8) is 0 Å². The molecule has 11 heavy (non-hydrogen) atoms. The lowest BCUT2D eigenvalue weighted by atomic mass is 10.2. The molecule has 0 N–H and O–H groups in total. The van der Waals surface area contributed by atoms with Crippen molar-refractivity contribution in [3.05, 3.63) is 6.92 Å². The van der Waals surface area contributed by atoms with Crippen LogP contribution in [-0.4, -0.2) is 24.0 Å². The summed E-state index contributed by atoms with van der Waals surface area (Å²) < 4.78 is 0. The molecule has 1 heterocycles. The second kappa shape index (κ2) is 3.14. The molecule has 0 amide bonds. The fourth-order valence-corrected chi connectivity index (χ4v) is 2.42. The molecule has 2 fully saturated rings. The minimum atomic E-state index is 0.468. The van der Waals surface area contributed by atoms with Crippen molar-refractivity contribution >= 4 is 0 Å². The Morgan fingerprint density at radius 2 is 1.82 bits per heavy atom. The second-order valence-corrected chi connectivity index (χ2v) is 3.98. The highest BCUT2D eigenvalue weighted by atomic mass is 15.2. The van der Waals surface area contributed by atoms with Crippen LogP contribution in [0.1, 0.15) is 32.1 Å². The zero-order valence-corrected chi connectivity index (χ0v) is 7.13. The van der Waals surface area contributed by atoms with E-state index in [-0.39, 0.29) is 0 Å². The molecule has 0 aromatic carbocycles. The van der Waals surface area contributed by atoms with Gasteiger partial charge in [0.2, 0.25) is 0 Å². The average Bonchev–Trinajstić information content (AvgIpc) is 2.55. The van der Waals surface area contributed by atoms with E-state index in [2.05, 4.69) is 4.90 Å². The van der Waals surface area contributed by atoms with E-state index in [0.717, 1.165) is 12.6 Å². The molecule has 1 unspecified atom stereocenters. The number of hydrogen-bond acceptors (Lipinski definition) is 1. The van der Waals surface area contributed by atoms with Crippen molar-refractivity contribution in [1.29, 1.82) is 0 Å². The summed E-state index contributed by atoms with van der Waals surface area (Å²) in [7, 11) is 0. The summed E-state index contributed by atoms with van der Waals surface area (Å²) in [4.78, 5) is 2.59. The SMILES string of the molecule is [CH]C1CCN(C2CCCC2)C1. The van der Waals surface area contributed by atoms with E-state index in [1.165, 1.54) is 38.6 Å². The summed E-state index contributed by atoms with van der Waals surface area (Å²) in [6.07, 6.45) is 6.95. The van der Waals surface area contributed by atoms with Crippen molar-refractivity contribution in [2.24, 2.45) is 5.92 Å². The van der Waals surface area contributed by atoms with Crippen LogP contribution in [0.5, 0.6) is 0 Å². The lowest BCUT2D eigenvalue weighted by Crippen LogP contribution is -2.30. The highest BCUT2D eigenvalue weighted by molar-refractivity contribution is 4.84. The summed E-state index contributed by atoms with van der Waals surface area (Å²) in [5.74, 6) is 0.468. The normalized spacial score (nSPS) is 35.2. The first-order valence-corrected chi connectivity index (χ1v) is 4.86. The van der Waals surface area contributed by atoms with Gasteiger partial charge in [-0.2, -0.15) is 0 Å². The lowest BCUT2D eigenvalue weighted by Gasteiger charge is -2.22. The maximum Gasteiger partial charge on any atom is 0.00953 e. The molecule has 1 saturated heterocycles. The van der Waals surface area contributed by atoms with Gasteiger partial charge in [0.1, 0.15) is 0 Å². The minimum Gasteiger partial charge on any atom is -0.300 e. The average molecular weight is 151 g/mol. The van der Waals surface area contributed by atoms with Gasteiger partial charge in [0.15, 0.2) is 0 Å². The van der Waals surface area contributed by atoms with Gasteiger partial charge in [0, 0.05) is 12.6 Å². The van der Waals surface area contributed by atoms with Gasteiger partial charge in [-0.1, -0.05) is 12.8 Å². The van der Waals surface area contributed by atoms with Crippen LogP contribution < -0.4 is 0 Å². The molecular weight excluding hydrogens is 134 g/mol. The molecule has 1 saturated carbocycles. The third-order valence-electron chi connectivity index (χ3n) is 3.10. The van der Waals surface area contributed by atoms with Gasteiger partial charge in [-0.25, -0.2) is 0 Å². The van der Waals surface area contributed by atoms with Crippen LogP contribution in [-0.2, 0) is 0 Å². The Balaban J connectivity index is 1.85. The van der Waals surface area contributed by atoms with Crippen molar-refractivity contribution in [2.75, 3.05) is 13.1 Å². The van der Waals surface area contributed by atoms with Crippen LogP contribution in [0.2, 0.25) is 0 Å². The van der Waals surface area contributed by atoms with Gasteiger partial charge in [-0.15, -0.1) is 0 Å². The molecule has 0 aromatic rings. The zero-order valence-electron chi connectivity index (χ0n) is 7.13. The molecular formula is C10H17N. The van der Waals surface area contributed by atoms with E-state index in [1.54, 1.807) is 0 Å². The summed E-state index contributed by atoms with van der Waals surface area (Å²) in [6, 6.07) is 0.892. The number of nitrogens with zero attached hydrogens (tertiary/aromatic N) is 1. The topological polar surface area (TPSA) is 3.24 Å². The van der Waals surface area contributed by atoms with Gasteiger partial charge in [-0.05, 0) is 38.6 Å². The molecule has 1 aliphatic carbocycles. The van der Waals surface area contributed by atoms with Gasteiger partial charge >= 0.3 is 0 Å². The predicted octanol–water partition coefficient (Wildman–Crippen LogP) is 1.96. The van der Waals surface area contributed by atoms with Gasteiger partial charge in [0.05, 0.1) is 0 Å². The van der Waals surface area contributed by atoms with E-state index in [4.69, 9.17) is 6.92 Å². The van der Waals surface area contributed by atoms with E-state index >= 15 is 0 Å². The Morgan fingerprint density at radius 1 is 1.09 bits per heavy atom. The van der Waals surface area contributed by atoms with Crippen molar-refractivity contribution in [2.45, 2.75) is 38.1 Å². The highest BCUT2D eigenvalue weighted by Gasteiger charge is 2.27. The molecule has 1 atom stereocenters. The van der Waals surface area contributed by atoms with Crippen LogP contribution >= 0.6 is 0 Å². The Bertz CT molecular complexity index is 127. The molecule has 2 aliphatic rings. The maximum absolute atomic E-state index is 5.85. The summed E-state index contributed by atoms with van der Waals surface area (Å²) in [5, 5.41) is 0. The molecule has 0 spiro atoms. The first kappa shape index (κ1) is 7.60. The molecule has 1 nitrogen and oxygen atoms in total. The maximum atomic E-state index is 5.85. The Labute approximate surface area is 69.8 Å². The van der Waals surface area contributed by atoms with E-state index in [1.807, 2.05) is 0 Å². The van der Waals surface area contributed by atoms with E-state index in [0.29, 0.717) is 5.92 Å². The van der Waals surface area contributed by atoms with Crippen LogP contribution in [0.3, 0.4) is 0 Å².